The minimum Gasteiger partial charge on any atom is -0.329 e. The summed E-state index contributed by atoms with van der Waals surface area (Å²) in [6.07, 6.45) is -0.418. The highest BCUT2D eigenvalue weighted by Crippen LogP contribution is 2.48. The van der Waals surface area contributed by atoms with Gasteiger partial charge in [-0.05, 0) is 49.3 Å². The number of pyridine rings is 1. The average molecular weight is 475 g/mol. The molecule has 3 heterocycles. The van der Waals surface area contributed by atoms with Crippen molar-refractivity contribution in [3.8, 4) is 17.6 Å². The lowest BCUT2D eigenvalue weighted by Crippen LogP contribution is -2.25. The van der Waals surface area contributed by atoms with Gasteiger partial charge in [-0.25, -0.2) is 9.97 Å². The van der Waals surface area contributed by atoms with E-state index >= 15 is 0 Å². The van der Waals surface area contributed by atoms with Gasteiger partial charge in [-0.1, -0.05) is 6.92 Å². The van der Waals surface area contributed by atoms with Crippen molar-refractivity contribution in [2.75, 3.05) is 5.75 Å². The second-order valence-corrected chi connectivity index (χ2v) is 9.07. The molecule has 0 aromatic carbocycles. The Labute approximate surface area is 192 Å². The molecule has 3 aromatic rings. The summed E-state index contributed by atoms with van der Waals surface area (Å²) in [6.45, 7) is 3.65. The molecule has 1 aliphatic carbocycles. The van der Waals surface area contributed by atoms with Gasteiger partial charge in [-0.2, -0.15) is 18.4 Å². The monoisotopic (exact) mass is 474 g/mol. The highest BCUT2D eigenvalue weighted by Gasteiger charge is 2.45. The number of carbonyl (C=O) groups is 1. The Balaban J connectivity index is 1.86. The number of alkyl halides is 3. The van der Waals surface area contributed by atoms with Crippen molar-refractivity contribution in [2.45, 2.75) is 43.3 Å². The second kappa shape index (κ2) is 8.26. The molecule has 11 heteroatoms. The number of amides is 1. The summed E-state index contributed by atoms with van der Waals surface area (Å²) in [4.78, 5) is 19.9. The van der Waals surface area contributed by atoms with Crippen LogP contribution in [0.5, 0.6) is 0 Å². The number of fused-ring (bicyclic) bond motifs is 1. The zero-order chi connectivity index (χ0) is 24.0. The first kappa shape index (κ1) is 22.9. The molecule has 1 N–H and O–H groups in total. The number of nitrogens with zero attached hydrogens (tertiary/aromatic N) is 5. The van der Waals surface area contributed by atoms with E-state index in [0.717, 1.165) is 35.3 Å². The number of thioether (sulfide) groups is 1. The normalized spacial score (nSPS) is 15.5. The van der Waals surface area contributed by atoms with Crippen LogP contribution in [0.2, 0.25) is 0 Å². The quantitative estimate of drug-likeness (QED) is 0.406. The van der Waals surface area contributed by atoms with Gasteiger partial charge >= 0.3 is 6.18 Å². The molecule has 0 atom stereocenters. The number of hydrogen-bond donors (Lipinski definition) is 1. The molecule has 33 heavy (non-hydrogen) atoms. The summed E-state index contributed by atoms with van der Waals surface area (Å²) in [6, 6.07) is 6.20. The molecular weight excluding hydrogens is 453 g/mol. The smallest absolute Gasteiger partial charge is 0.329 e. The van der Waals surface area contributed by atoms with Gasteiger partial charge in [0.1, 0.15) is 22.1 Å². The molecule has 0 radical (unpaired) electrons. The Morgan fingerprint density at radius 1 is 1.39 bits per heavy atom. The fourth-order valence-corrected chi connectivity index (χ4v) is 4.53. The molecule has 172 valence electrons. The molecule has 0 bridgehead atoms. The zero-order valence-corrected chi connectivity index (χ0v) is 19.0. The van der Waals surface area contributed by atoms with Crippen molar-refractivity contribution < 1.29 is 18.0 Å². The van der Waals surface area contributed by atoms with Crippen LogP contribution in [0, 0.1) is 18.3 Å². The van der Waals surface area contributed by atoms with Gasteiger partial charge in [-0.15, -0.1) is 11.8 Å². The van der Waals surface area contributed by atoms with E-state index in [1.54, 1.807) is 35.6 Å². The maximum atomic E-state index is 13.3. The summed E-state index contributed by atoms with van der Waals surface area (Å²) in [5.41, 5.74) is 1.03. The fraction of sp³-hybridized carbons (Fsp3) is 0.364. The van der Waals surface area contributed by atoms with Gasteiger partial charge in [0.05, 0.1) is 17.2 Å². The molecular formula is C22H21F3N6OS. The molecule has 4 rings (SSSR count). The number of rotatable bonds is 7. The van der Waals surface area contributed by atoms with Crippen molar-refractivity contribution in [1.82, 2.24) is 24.3 Å². The SMILES string of the molecule is CCSc1c(-c2nc(/C=C(\NC=O)C(F)(F)F)c(C)n2C)nc2cc(C3(C#N)CC3)ccn12. The van der Waals surface area contributed by atoms with Crippen molar-refractivity contribution in [2.24, 2.45) is 7.05 Å². The van der Waals surface area contributed by atoms with Crippen LogP contribution in [0.4, 0.5) is 13.2 Å². The summed E-state index contributed by atoms with van der Waals surface area (Å²) in [5, 5.41) is 12.1. The molecule has 0 aliphatic heterocycles. The van der Waals surface area contributed by atoms with E-state index in [2.05, 4.69) is 11.1 Å². The van der Waals surface area contributed by atoms with E-state index in [-0.39, 0.29) is 12.1 Å². The lowest BCUT2D eigenvalue weighted by atomic mass is 9.99. The third-order valence-corrected chi connectivity index (χ3v) is 6.76. The molecule has 0 spiro atoms. The van der Waals surface area contributed by atoms with E-state index in [4.69, 9.17) is 4.98 Å². The van der Waals surface area contributed by atoms with Crippen LogP contribution >= 0.6 is 11.8 Å². The predicted molar refractivity (Wildman–Crippen MR) is 118 cm³/mol. The topological polar surface area (TPSA) is 88.0 Å². The lowest BCUT2D eigenvalue weighted by molar-refractivity contribution is -0.116. The van der Waals surface area contributed by atoms with Gasteiger partial charge < -0.3 is 9.88 Å². The average Bonchev–Trinajstić information content (AvgIpc) is 3.44. The standard InChI is InChI=1S/C22H21F3N6OS/c1-4-33-20-18(29-17-9-14(5-8-31(17)20)21(11-26)6-7-21)19-28-15(13(2)30(19)3)10-16(27-12-32)22(23,24)25/h5,8-10,12H,4,6-7H2,1-3H3,(H,27,32)/b16-10-. The molecule has 0 unspecified atom stereocenters. The minimum absolute atomic E-state index is 0.0118. The van der Waals surface area contributed by atoms with Gasteiger partial charge in [0, 0.05) is 18.9 Å². The number of halogens is 3. The summed E-state index contributed by atoms with van der Waals surface area (Å²) in [5.74, 6) is 1.16. The number of nitriles is 1. The highest BCUT2D eigenvalue weighted by molar-refractivity contribution is 7.99. The Morgan fingerprint density at radius 3 is 2.70 bits per heavy atom. The van der Waals surface area contributed by atoms with Crippen LogP contribution in [-0.4, -0.2) is 37.3 Å². The van der Waals surface area contributed by atoms with E-state index in [1.807, 2.05) is 29.7 Å². The van der Waals surface area contributed by atoms with Crippen LogP contribution in [0.15, 0.2) is 29.1 Å². The Hall–Kier alpha value is -3.26. The first-order valence-corrected chi connectivity index (χ1v) is 11.2. The van der Waals surface area contributed by atoms with Crippen LogP contribution in [-0.2, 0) is 17.3 Å². The second-order valence-electron chi connectivity index (χ2n) is 7.82. The van der Waals surface area contributed by atoms with Gasteiger partial charge in [0.25, 0.3) is 0 Å². The molecule has 1 amide bonds. The highest BCUT2D eigenvalue weighted by atomic mass is 32.2. The fourth-order valence-electron chi connectivity index (χ4n) is 3.68. The summed E-state index contributed by atoms with van der Waals surface area (Å²) < 4.78 is 43.4. The lowest BCUT2D eigenvalue weighted by Gasteiger charge is -2.09. The third kappa shape index (κ3) is 3.99. The molecule has 0 saturated heterocycles. The number of imidazole rings is 2. The molecule has 3 aromatic heterocycles. The molecule has 1 aliphatic rings. The van der Waals surface area contributed by atoms with E-state index in [1.165, 1.54) is 0 Å². The number of allylic oxidation sites excluding steroid dienone is 1. The maximum Gasteiger partial charge on any atom is 0.431 e. The van der Waals surface area contributed by atoms with E-state index < -0.39 is 17.3 Å². The molecule has 1 saturated carbocycles. The van der Waals surface area contributed by atoms with Crippen molar-refractivity contribution in [3.05, 3.63) is 41.0 Å². The molecule has 7 nitrogen and oxygen atoms in total. The number of aromatic nitrogens is 4. The van der Waals surface area contributed by atoms with Gasteiger partial charge in [0.15, 0.2) is 5.82 Å². The number of nitrogens with one attached hydrogen (secondary N) is 1. The first-order valence-electron chi connectivity index (χ1n) is 10.2. The van der Waals surface area contributed by atoms with Crippen LogP contribution in [0.1, 0.15) is 36.7 Å². The van der Waals surface area contributed by atoms with Crippen molar-refractivity contribution in [1.29, 1.82) is 5.26 Å². The Bertz CT molecular complexity index is 1310. The van der Waals surface area contributed by atoms with Crippen LogP contribution in [0.25, 0.3) is 23.2 Å². The Morgan fingerprint density at radius 2 is 2.12 bits per heavy atom. The van der Waals surface area contributed by atoms with E-state index in [0.29, 0.717) is 22.9 Å². The summed E-state index contributed by atoms with van der Waals surface area (Å²) in [7, 11) is 1.71. The summed E-state index contributed by atoms with van der Waals surface area (Å²) >= 11 is 1.55. The van der Waals surface area contributed by atoms with Crippen LogP contribution in [0.3, 0.4) is 0 Å². The molecule has 1 fully saturated rings. The predicted octanol–water partition coefficient (Wildman–Crippen LogP) is 4.36. The minimum atomic E-state index is -4.73. The number of hydrogen-bond acceptors (Lipinski definition) is 5. The Kier molecular flexibility index (Phi) is 5.74. The van der Waals surface area contributed by atoms with E-state index in [9.17, 15) is 23.2 Å². The maximum absolute atomic E-state index is 13.3. The van der Waals surface area contributed by atoms with Crippen molar-refractivity contribution in [3.63, 3.8) is 0 Å². The number of carbonyl (C=O) groups excluding carboxylic acids is 1. The van der Waals surface area contributed by atoms with Gasteiger partial charge in [-0.3, -0.25) is 9.20 Å². The van der Waals surface area contributed by atoms with Gasteiger partial charge in [0.2, 0.25) is 6.41 Å². The largest absolute Gasteiger partial charge is 0.431 e. The van der Waals surface area contributed by atoms with Crippen LogP contribution < -0.4 is 5.32 Å². The van der Waals surface area contributed by atoms with Crippen molar-refractivity contribution >= 4 is 29.9 Å². The first-order chi connectivity index (χ1) is 15.6. The third-order valence-electron chi connectivity index (χ3n) is 5.81. The zero-order valence-electron chi connectivity index (χ0n) is 18.2.